The number of anilines is 1. The lowest BCUT2D eigenvalue weighted by Gasteiger charge is -2.28. The van der Waals surface area contributed by atoms with Gasteiger partial charge in [-0.15, -0.1) is 0 Å². The van der Waals surface area contributed by atoms with Crippen molar-refractivity contribution < 1.29 is 30.5 Å². The first-order valence-corrected chi connectivity index (χ1v) is 21.7. The zero-order valence-electron chi connectivity index (χ0n) is 32.1. The molecule has 2 heterocycles. The Kier molecular flexibility index (Phi) is 10.5. The number of hydrogen-bond donors (Lipinski definition) is 0. The third kappa shape index (κ3) is 7.35. The highest BCUT2D eigenvalue weighted by Crippen LogP contribution is 2.51. The Morgan fingerprint density at radius 3 is 2.36 bits per heavy atom. The second-order valence-electron chi connectivity index (χ2n) is 15.8. The molecule has 0 saturated heterocycles. The van der Waals surface area contributed by atoms with Crippen LogP contribution in [0.15, 0.2) is 107 Å². The summed E-state index contributed by atoms with van der Waals surface area (Å²) < 4.78 is 65.3. The highest BCUT2D eigenvalue weighted by Gasteiger charge is 2.45. The lowest BCUT2D eigenvalue weighted by molar-refractivity contribution is -0.437. The molecule has 0 fully saturated rings. The van der Waals surface area contributed by atoms with Gasteiger partial charge in [-0.3, -0.25) is 0 Å². The molecule has 1 atom stereocenters. The molecule has 3 aliphatic rings. The van der Waals surface area contributed by atoms with Crippen LogP contribution in [-0.4, -0.2) is 50.9 Å². The molecule has 0 spiro atoms. The Balaban J connectivity index is 1.26. The van der Waals surface area contributed by atoms with E-state index < -0.39 is 32.6 Å². The van der Waals surface area contributed by atoms with Crippen LogP contribution in [0.25, 0.3) is 21.5 Å². The predicted molar refractivity (Wildman–Crippen MR) is 222 cm³/mol. The summed E-state index contributed by atoms with van der Waals surface area (Å²) in [6.07, 6.45) is 12.1. The van der Waals surface area contributed by atoms with Crippen molar-refractivity contribution in [2.45, 2.75) is 78.1 Å². The van der Waals surface area contributed by atoms with E-state index >= 15 is 0 Å². The van der Waals surface area contributed by atoms with Crippen LogP contribution < -0.4 is 9.08 Å². The summed E-state index contributed by atoms with van der Waals surface area (Å²) in [5.41, 5.74) is 8.89. The summed E-state index contributed by atoms with van der Waals surface area (Å²) in [7, 11) is -4.50. The highest BCUT2D eigenvalue weighted by molar-refractivity contribution is 7.85. The van der Waals surface area contributed by atoms with Crippen LogP contribution in [0.4, 0.5) is 11.4 Å². The van der Waals surface area contributed by atoms with Crippen LogP contribution in [0.2, 0.25) is 0 Å². The second kappa shape index (κ2) is 14.8. The molecule has 1 unspecified atom stereocenters. The standard InChI is InChI=1S/C44H47ClN2O6S2/c1-7-23-46-36-19-12-31-26-28(2)11-17-34(31)40(36)43(3,4)38(46)21-14-29-9-8-10-30(42(29)45)15-22-39-44(5,6)41-35-18-16-33(53-54(48)49)27-32(35)13-20-37(41)47(39)24-25-55(50,51)52/h11-22,26-27H,7-10,23-25H2,1-6H3,(H-,48,49,50,51,52)/p-1. The van der Waals surface area contributed by atoms with Gasteiger partial charge < -0.3 is 18.2 Å². The molecule has 0 amide bonds. The number of nitrogens with zero attached hydrogens (tertiary/aromatic N) is 2. The summed E-state index contributed by atoms with van der Waals surface area (Å²) in [5.74, 6) is -0.369. The van der Waals surface area contributed by atoms with E-state index in [1.165, 1.54) is 33.3 Å². The minimum Gasteiger partial charge on any atom is -0.748 e. The van der Waals surface area contributed by atoms with Crippen LogP contribution in [0.3, 0.4) is 0 Å². The van der Waals surface area contributed by atoms with Crippen molar-refractivity contribution in [1.82, 2.24) is 0 Å². The third-order valence-corrected chi connectivity index (χ3v) is 12.8. The van der Waals surface area contributed by atoms with Gasteiger partial charge in [-0.25, -0.2) is 12.6 Å². The van der Waals surface area contributed by atoms with Gasteiger partial charge in [-0.2, -0.15) is 4.58 Å². The predicted octanol–water partition coefficient (Wildman–Crippen LogP) is 9.65. The van der Waals surface area contributed by atoms with Gasteiger partial charge in [0.25, 0.3) is 0 Å². The Hall–Kier alpha value is -4.06. The number of halogens is 1. The normalized spacial score (nSPS) is 20.1. The van der Waals surface area contributed by atoms with E-state index in [1.807, 2.05) is 35.3 Å². The van der Waals surface area contributed by atoms with Gasteiger partial charge in [0.1, 0.15) is 23.7 Å². The van der Waals surface area contributed by atoms with Gasteiger partial charge in [0, 0.05) is 52.5 Å². The number of benzene rings is 4. The van der Waals surface area contributed by atoms with Gasteiger partial charge in [0.2, 0.25) is 5.69 Å². The maximum atomic E-state index is 11.9. The molecule has 0 bridgehead atoms. The Bertz CT molecular complexity index is 2550. The number of hydrogen-bond acceptors (Lipinski definition) is 7. The minimum absolute atomic E-state index is 0.0172. The Morgan fingerprint density at radius 1 is 0.927 bits per heavy atom. The topological polar surface area (TPSA) is 113 Å². The summed E-state index contributed by atoms with van der Waals surface area (Å²) >= 11 is 4.52. The monoisotopic (exact) mass is 797 g/mol. The molecule has 55 heavy (non-hydrogen) atoms. The summed E-state index contributed by atoms with van der Waals surface area (Å²) in [4.78, 5) is 1.91. The number of allylic oxidation sites excluding steroid dienone is 8. The van der Waals surface area contributed by atoms with Crippen molar-refractivity contribution in [3.8, 4) is 5.75 Å². The fourth-order valence-electron chi connectivity index (χ4n) is 8.89. The molecule has 8 nitrogen and oxygen atoms in total. The Labute approximate surface area is 331 Å². The zero-order valence-corrected chi connectivity index (χ0v) is 34.5. The largest absolute Gasteiger partial charge is 0.748 e. The molecular weight excluding hydrogens is 752 g/mol. The van der Waals surface area contributed by atoms with Crippen molar-refractivity contribution in [2.24, 2.45) is 0 Å². The second-order valence-corrected chi connectivity index (χ2v) is 18.3. The van der Waals surface area contributed by atoms with Crippen molar-refractivity contribution in [3.05, 3.63) is 124 Å². The first-order valence-electron chi connectivity index (χ1n) is 18.7. The van der Waals surface area contributed by atoms with Gasteiger partial charge >= 0.3 is 0 Å². The Morgan fingerprint density at radius 2 is 1.64 bits per heavy atom. The molecule has 0 aromatic heterocycles. The number of fused-ring (bicyclic) bond motifs is 6. The van der Waals surface area contributed by atoms with Crippen molar-refractivity contribution in [3.63, 3.8) is 0 Å². The smallest absolute Gasteiger partial charge is 0.210 e. The molecule has 11 heteroatoms. The first-order chi connectivity index (χ1) is 26.0. The van der Waals surface area contributed by atoms with E-state index in [4.69, 9.17) is 15.8 Å². The molecule has 0 radical (unpaired) electrons. The lowest BCUT2D eigenvalue weighted by Crippen LogP contribution is -2.30. The van der Waals surface area contributed by atoms with Crippen molar-refractivity contribution in [1.29, 1.82) is 0 Å². The maximum absolute atomic E-state index is 11.9. The van der Waals surface area contributed by atoms with E-state index in [0.717, 1.165) is 71.1 Å². The minimum atomic E-state index is -4.50. The third-order valence-electron chi connectivity index (χ3n) is 11.3. The summed E-state index contributed by atoms with van der Waals surface area (Å²) in [5, 5.41) is 4.90. The van der Waals surface area contributed by atoms with Crippen LogP contribution in [0.1, 0.15) is 77.0 Å². The molecule has 4 aromatic rings. The average Bonchev–Trinajstić information content (AvgIpc) is 3.47. The molecule has 7 rings (SSSR count). The van der Waals surface area contributed by atoms with Gasteiger partial charge in [0.15, 0.2) is 5.71 Å². The van der Waals surface area contributed by atoms with E-state index in [-0.39, 0.29) is 17.7 Å². The van der Waals surface area contributed by atoms with Gasteiger partial charge in [-0.05, 0) is 109 Å². The molecule has 0 saturated carbocycles. The molecule has 4 aromatic carbocycles. The fourth-order valence-corrected chi connectivity index (χ4v) is 9.87. The fraction of sp³-hybridized carbons (Fsp3) is 0.341. The quantitative estimate of drug-likeness (QED) is 0.0893. The SMILES string of the molecule is CCC[N+]1=C(/C=C/C2=C(Cl)C(=C/C=C3\N(CCS(=O)(=O)[O-])c4ccc5cc(OS(=O)[O-])ccc5c4C3(C)C)/CCC2)C(C)(C)c2c1ccc1cc(C)ccc21. The van der Waals surface area contributed by atoms with Crippen LogP contribution in [-0.2, 0) is 32.3 Å². The molecule has 0 N–H and O–H groups in total. The van der Waals surface area contributed by atoms with Gasteiger partial charge in [0.05, 0.1) is 21.3 Å². The van der Waals surface area contributed by atoms with E-state index in [0.29, 0.717) is 5.03 Å². The maximum Gasteiger partial charge on any atom is 0.210 e. The zero-order chi connectivity index (χ0) is 39.4. The van der Waals surface area contributed by atoms with E-state index in [9.17, 15) is 21.7 Å². The van der Waals surface area contributed by atoms with Crippen LogP contribution >= 0.6 is 11.6 Å². The van der Waals surface area contributed by atoms with Crippen LogP contribution in [0.5, 0.6) is 5.75 Å². The number of aryl methyl sites for hydroxylation is 1. The molecular formula is C44H46ClN2O6S2-. The first kappa shape index (κ1) is 39.2. The average molecular weight is 798 g/mol. The van der Waals surface area contributed by atoms with Crippen LogP contribution in [0, 0.1) is 6.92 Å². The van der Waals surface area contributed by atoms with E-state index in [2.05, 4.69) is 88.6 Å². The summed E-state index contributed by atoms with van der Waals surface area (Å²) in [6, 6.07) is 20.0. The van der Waals surface area contributed by atoms with Crippen molar-refractivity contribution in [2.75, 3.05) is 23.7 Å². The molecule has 288 valence electrons. The number of rotatable bonds is 10. The van der Waals surface area contributed by atoms with Crippen molar-refractivity contribution >= 4 is 71.7 Å². The lowest BCUT2D eigenvalue weighted by atomic mass is 9.78. The van der Waals surface area contributed by atoms with E-state index in [1.54, 1.807) is 12.1 Å². The van der Waals surface area contributed by atoms with Gasteiger partial charge in [-0.1, -0.05) is 80.4 Å². The molecule has 1 aliphatic carbocycles. The molecule has 2 aliphatic heterocycles. The summed E-state index contributed by atoms with van der Waals surface area (Å²) in [6.45, 7) is 14.0. The highest BCUT2D eigenvalue weighted by atomic mass is 35.5.